The molecule has 1 aromatic rings. The second kappa shape index (κ2) is 3.62. The van der Waals surface area contributed by atoms with Gasteiger partial charge in [0, 0.05) is 18.2 Å². The molecule has 73 valence electrons. The van der Waals surface area contributed by atoms with E-state index < -0.39 is 11.7 Å². The number of anilines is 1. The Labute approximate surface area is 79.7 Å². The Morgan fingerprint density at radius 1 is 1.29 bits per heavy atom. The van der Waals surface area contributed by atoms with E-state index in [-0.39, 0.29) is 11.3 Å². The van der Waals surface area contributed by atoms with Crippen molar-refractivity contribution in [2.75, 3.05) is 5.73 Å². The van der Waals surface area contributed by atoms with Crippen LogP contribution < -0.4 is 5.73 Å². The lowest BCUT2D eigenvalue weighted by Crippen LogP contribution is -2.05. The van der Waals surface area contributed by atoms with E-state index >= 15 is 0 Å². The molecule has 0 unspecified atom stereocenters. The molecule has 2 N–H and O–H groups in total. The lowest BCUT2D eigenvalue weighted by atomic mass is 10.1. The summed E-state index contributed by atoms with van der Waals surface area (Å²) in [5, 5.41) is 0. The highest BCUT2D eigenvalue weighted by molar-refractivity contribution is 5.57. The monoisotopic (exact) mass is 198 g/mol. The van der Waals surface area contributed by atoms with Crippen LogP contribution in [0.4, 0.5) is 18.9 Å². The van der Waals surface area contributed by atoms with Crippen LogP contribution in [0, 0.1) is 18.8 Å². The summed E-state index contributed by atoms with van der Waals surface area (Å²) < 4.78 is 36.7. The molecule has 0 aromatic heterocycles. The van der Waals surface area contributed by atoms with Gasteiger partial charge < -0.3 is 5.73 Å². The Hall–Kier alpha value is -1.63. The van der Waals surface area contributed by atoms with Crippen LogP contribution in [0.2, 0.25) is 0 Å². The average molecular weight is 198 g/mol. The number of nitrogen functional groups attached to an aromatic ring is 1. The molecular formula is C10H7F3N. The molecule has 1 radical (unpaired) electrons. The van der Waals surface area contributed by atoms with Crippen molar-refractivity contribution in [1.29, 1.82) is 0 Å². The van der Waals surface area contributed by atoms with Crippen molar-refractivity contribution in [2.24, 2.45) is 0 Å². The number of halogens is 3. The van der Waals surface area contributed by atoms with Gasteiger partial charge in [-0.2, -0.15) is 13.2 Å². The molecule has 4 heteroatoms. The van der Waals surface area contributed by atoms with Crippen molar-refractivity contribution >= 4 is 5.69 Å². The van der Waals surface area contributed by atoms with Crippen LogP contribution in [-0.4, -0.2) is 0 Å². The SMILES string of the molecule is [CH2]C#Cc1cc(C(F)(F)F)ccc1N. The van der Waals surface area contributed by atoms with Gasteiger partial charge in [-0.15, -0.1) is 0 Å². The van der Waals surface area contributed by atoms with Crippen molar-refractivity contribution in [3.05, 3.63) is 36.2 Å². The molecule has 0 saturated heterocycles. The molecule has 1 rings (SSSR count). The maximum Gasteiger partial charge on any atom is 0.416 e. The van der Waals surface area contributed by atoms with Gasteiger partial charge in [0.25, 0.3) is 0 Å². The van der Waals surface area contributed by atoms with Crippen molar-refractivity contribution < 1.29 is 13.2 Å². The van der Waals surface area contributed by atoms with Gasteiger partial charge in [0.2, 0.25) is 0 Å². The van der Waals surface area contributed by atoms with Crippen LogP contribution >= 0.6 is 0 Å². The Morgan fingerprint density at radius 3 is 2.43 bits per heavy atom. The quantitative estimate of drug-likeness (QED) is 0.503. The maximum absolute atomic E-state index is 12.2. The van der Waals surface area contributed by atoms with Gasteiger partial charge in [-0.1, -0.05) is 11.8 Å². The minimum atomic E-state index is -4.37. The fourth-order valence-electron chi connectivity index (χ4n) is 0.936. The zero-order chi connectivity index (χ0) is 10.8. The third-order valence-corrected chi connectivity index (χ3v) is 1.60. The van der Waals surface area contributed by atoms with E-state index in [2.05, 4.69) is 18.8 Å². The first-order chi connectivity index (χ1) is 6.45. The summed E-state index contributed by atoms with van der Waals surface area (Å²) in [5.74, 6) is 4.66. The predicted octanol–water partition coefficient (Wildman–Crippen LogP) is 2.47. The molecule has 0 heterocycles. The number of rotatable bonds is 0. The highest BCUT2D eigenvalue weighted by atomic mass is 19.4. The molecule has 0 aliphatic carbocycles. The molecule has 14 heavy (non-hydrogen) atoms. The van der Waals surface area contributed by atoms with Crippen molar-refractivity contribution in [2.45, 2.75) is 6.18 Å². The first-order valence-corrected chi connectivity index (χ1v) is 3.70. The van der Waals surface area contributed by atoms with Gasteiger partial charge >= 0.3 is 6.18 Å². The van der Waals surface area contributed by atoms with Crippen LogP contribution in [0.1, 0.15) is 11.1 Å². The van der Waals surface area contributed by atoms with Gasteiger partial charge in [-0.3, -0.25) is 0 Å². The van der Waals surface area contributed by atoms with E-state index in [9.17, 15) is 13.2 Å². The Morgan fingerprint density at radius 2 is 1.93 bits per heavy atom. The van der Waals surface area contributed by atoms with Crippen molar-refractivity contribution in [3.8, 4) is 11.8 Å². The average Bonchev–Trinajstić information content (AvgIpc) is 2.07. The topological polar surface area (TPSA) is 26.0 Å². The molecule has 0 aliphatic heterocycles. The van der Waals surface area contributed by atoms with E-state index in [1.54, 1.807) is 0 Å². The number of hydrogen-bond acceptors (Lipinski definition) is 1. The lowest BCUT2D eigenvalue weighted by molar-refractivity contribution is -0.137. The molecule has 0 amide bonds. The standard InChI is InChI=1S/C10H7F3N/c1-2-3-7-6-8(10(11,12)13)4-5-9(7)14/h4-6H,1,14H2. The molecule has 1 nitrogen and oxygen atoms in total. The first-order valence-electron chi connectivity index (χ1n) is 3.70. The van der Waals surface area contributed by atoms with Crippen LogP contribution in [0.25, 0.3) is 0 Å². The lowest BCUT2D eigenvalue weighted by Gasteiger charge is -2.07. The van der Waals surface area contributed by atoms with Crippen LogP contribution in [-0.2, 0) is 6.18 Å². The van der Waals surface area contributed by atoms with E-state index in [0.29, 0.717) is 0 Å². The third-order valence-electron chi connectivity index (χ3n) is 1.60. The minimum absolute atomic E-state index is 0.148. The van der Waals surface area contributed by atoms with Gasteiger partial charge in [-0.25, -0.2) is 0 Å². The summed E-state index contributed by atoms with van der Waals surface area (Å²) in [5.41, 5.74) is 5.03. The molecule has 1 aromatic carbocycles. The van der Waals surface area contributed by atoms with Crippen LogP contribution in [0.15, 0.2) is 18.2 Å². The predicted molar refractivity (Wildman–Crippen MR) is 48.1 cm³/mol. The fraction of sp³-hybridized carbons (Fsp3) is 0.100. The Kier molecular flexibility index (Phi) is 2.70. The fourth-order valence-corrected chi connectivity index (χ4v) is 0.936. The highest BCUT2D eigenvalue weighted by Gasteiger charge is 2.30. The largest absolute Gasteiger partial charge is 0.416 e. The summed E-state index contributed by atoms with van der Waals surface area (Å²) >= 11 is 0. The number of alkyl halides is 3. The number of hydrogen-bond donors (Lipinski definition) is 1. The first kappa shape index (κ1) is 10.5. The molecule has 0 spiro atoms. The Balaban J connectivity index is 3.24. The molecule has 0 fully saturated rings. The minimum Gasteiger partial charge on any atom is -0.398 e. The van der Waals surface area contributed by atoms with E-state index in [0.717, 1.165) is 12.1 Å². The van der Waals surface area contributed by atoms with Crippen LogP contribution in [0.3, 0.4) is 0 Å². The summed E-state index contributed by atoms with van der Waals surface area (Å²) in [6.45, 7) is 3.22. The van der Waals surface area contributed by atoms with Gasteiger partial charge in [0.1, 0.15) is 0 Å². The van der Waals surface area contributed by atoms with E-state index in [1.165, 1.54) is 6.07 Å². The van der Waals surface area contributed by atoms with Gasteiger partial charge in [0.15, 0.2) is 0 Å². The second-order valence-corrected chi connectivity index (χ2v) is 2.60. The van der Waals surface area contributed by atoms with E-state index in [4.69, 9.17) is 5.73 Å². The summed E-state index contributed by atoms with van der Waals surface area (Å²) in [7, 11) is 0. The van der Waals surface area contributed by atoms with Gasteiger partial charge in [-0.05, 0) is 18.2 Å². The highest BCUT2D eigenvalue weighted by Crippen LogP contribution is 2.30. The smallest absolute Gasteiger partial charge is 0.398 e. The number of benzene rings is 1. The number of nitrogens with two attached hydrogens (primary N) is 1. The van der Waals surface area contributed by atoms with Crippen LogP contribution in [0.5, 0.6) is 0 Å². The third kappa shape index (κ3) is 2.19. The second-order valence-electron chi connectivity index (χ2n) is 2.60. The molecular weight excluding hydrogens is 191 g/mol. The summed E-state index contributed by atoms with van der Waals surface area (Å²) in [4.78, 5) is 0. The molecule has 0 aliphatic rings. The van der Waals surface area contributed by atoms with Crippen molar-refractivity contribution in [3.63, 3.8) is 0 Å². The molecule has 0 saturated carbocycles. The van der Waals surface area contributed by atoms with E-state index in [1.807, 2.05) is 0 Å². The molecule has 0 bridgehead atoms. The maximum atomic E-state index is 12.2. The summed E-state index contributed by atoms with van der Waals surface area (Å²) in [6.07, 6.45) is -4.37. The normalized spacial score (nSPS) is 10.6. The summed E-state index contributed by atoms with van der Waals surface area (Å²) in [6, 6.07) is 3.01. The zero-order valence-corrected chi connectivity index (χ0v) is 7.15. The Bertz CT molecular complexity index is 396. The molecule has 0 atom stereocenters. The zero-order valence-electron chi connectivity index (χ0n) is 7.15. The van der Waals surface area contributed by atoms with Gasteiger partial charge in [0.05, 0.1) is 5.56 Å². The van der Waals surface area contributed by atoms with Crippen molar-refractivity contribution in [1.82, 2.24) is 0 Å².